The van der Waals surface area contributed by atoms with Crippen molar-refractivity contribution in [3.8, 4) is 17.0 Å². The first kappa shape index (κ1) is 16.7. The van der Waals surface area contributed by atoms with Crippen molar-refractivity contribution in [2.24, 2.45) is 0 Å². The third-order valence-electron chi connectivity index (χ3n) is 4.31. The number of nitrogens with zero attached hydrogens (tertiary/aromatic N) is 2. The van der Waals surface area contributed by atoms with Gasteiger partial charge >= 0.3 is 0 Å². The fourth-order valence-corrected chi connectivity index (χ4v) is 3.00. The SMILES string of the molecule is Oc1ccc2ccnc(-c3ccccc3)c2c1.c1ccc2ncccc2c1. The largest absolute Gasteiger partial charge is 0.508 e. The number of para-hydroxylation sites is 1. The van der Waals surface area contributed by atoms with Crippen molar-refractivity contribution in [1.29, 1.82) is 0 Å². The molecule has 3 aromatic carbocycles. The van der Waals surface area contributed by atoms with Gasteiger partial charge in [-0.05, 0) is 35.7 Å². The molecule has 0 fully saturated rings. The van der Waals surface area contributed by atoms with Crippen molar-refractivity contribution in [3.05, 3.63) is 103 Å². The molecule has 0 unspecified atom stereocenters. The summed E-state index contributed by atoms with van der Waals surface area (Å²) in [6.45, 7) is 0. The lowest BCUT2D eigenvalue weighted by Gasteiger charge is -2.05. The molecule has 130 valence electrons. The molecule has 3 nitrogen and oxygen atoms in total. The molecule has 0 bridgehead atoms. The van der Waals surface area contributed by atoms with Gasteiger partial charge in [0.05, 0.1) is 11.2 Å². The number of aromatic hydroxyl groups is 1. The molecule has 5 rings (SSSR count). The maximum absolute atomic E-state index is 9.57. The zero-order chi connectivity index (χ0) is 18.5. The molecule has 0 saturated carbocycles. The van der Waals surface area contributed by atoms with Gasteiger partial charge in [-0.25, -0.2) is 0 Å². The Kier molecular flexibility index (Phi) is 4.75. The van der Waals surface area contributed by atoms with Gasteiger partial charge < -0.3 is 5.11 Å². The monoisotopic (exact) mass is 350 g/mol. The maximum atomic E-state index is 9.57. The van der Waals surface area contributed by atoms with Crippen LogP contribution in [-0.2, 0) is 0 Å². The van der Waals surface area contributed by atoms with Crippen molar-refractivity contribution >= 4 is 21.7 Å². The Balaban J connectivity index is 0.000000153. The van der Waals surface area contributed by atoms with Gasteiger partial charge in [0.1, 0.15) is 5.75 Å². The molecule has 0 aliphatic carbocycles. The molecular weight excluding hydrogens is 332 g/mol. The summed E-state index contributed by atoms with van der Waals surface area (Å²) in [6, 6.07) is 29.4. The first-order chi connectivity index (χ1) is 13.3. The van der Waals surface area contributed by atoms with E-state index in [0.29, 0.717) is 0 Å². The highest BCUT2D eigenvalue weighted by atomic mass is 16.3. The summed E-state index contributed by atoms with van der Waals surface area (Å²) in [4.78, 5) is 8.59. The Labute approximate surface area is 157 Å². The number of hydrogen-bond donors (Lipinski definition) is 1. The molecule has 2 aromatic heterocycles. The lowest BCUT2D eigenvalue weighted by molar-refractivity contribution is 0.476. The smallest absolute Gasteiger partial charge is 0.116 e. The van der Waals surface area contributed by atoms with Crippen LogP contribution in [0.2, 0.25) is 0 Å². The minimum absolute atomic E-state index is 0.266. The average molecular weight is 350 g/mol. The summed E-state index contributed by atoms with van der Waals surface area (Å²) in [5.74, 6) is 0.266. The first-order valence-corrected chi connectivity index (χ1v) is 8.74. The molecule has 5 aromatic rings. The van der Waals surface area contributed by atoms with Crippen LogP contribution < -0.4 is 0 Å². The van der Waals surface area contributed by atoms with Crippen molar-refractivity contribution < 1.29 is 5.11 Å². The highest BCUT2D eigenvalue weighted by molar-refractivity contribution is 5.95. The van der Waals surface area contributed by atoms with E-state index in [0.717, 1.165) is 27.5 Å². The van der Waals surface area contributed by atoms with E-state index in [-0.39, 0.29) is 5.75 Å². The van der Waals surface area contributed by atoms with Crippen LogP contribution >= 0.6 is 0 Å². The van der Waals surface area contributed by atoms with Crippen molar-refractivity contribution in [2.45, 2.75) is 0 Å². The van der Waals surface area contributed by atoms with Gasteiger partial charge in [0.15, 0.2) is 0 Å². The zero-order valence-electron chi connectivity index (χ0n) is 14.7. The van der Waals surface area contributed by atoms with E-state index in [1.54, 1.807) is 18.3 Å². The van der Waals surface area contributed by atoms with E-state index < -0.39 is 0 Å². The van der Waals surface area contributed by atoms with E-state index in [4.69, 9.17) is 0 Å². The van der Waals surface area contributed by atoms with Crippen LogP contribution in [0.25, 0.3) is 32.9 Å². The van der Waals surface area contributed by atoms with Crippen LogP contribution in [0.3, 0.4) is 0 Å². The highest BCUT2D eigenvalue weighted by Crippen LogP contribution is 2.28. The standard InChI is InChI=1S/C15H11NO.C9H7N/c17-13-7-6-11-8-9-16-15(14(11)10-13)12-4-2-1-3-5-12;1-2-6-9-8(4-1)5-3-7-10-9/h1-10,17H;1-7H. The van der Waals surface area contributed by atoms with Crippen molar-refractivity contribution in [2.75, 3.05) is 0 Å². The normalized spacial score (nSPS) is 10.4. The third kappa shape index (κ3) is 3.77. The Morgan fingerprint density at radius 1 is 0.593 bits per heavy atom. The molecule has 3 heteroatoms. The molecule has 0 spiro atoms. The number of benzene rings is 3. The van der Waals surface area contributed by atoms with E-state index >= 15 is 0 Å². The summed E-state index contributed by atoms with van der Waals surface area (Å²) in [5.41, 5.74) is 3.02. The topological polar surface area (TPSA) is 46.0 Å². The fourth-order valence-electron chi connectivity index (χ4n) is 3.00. The van der Waals surface area contributed by atoms with Crippen LogP contribution in [0.15, 0.2) is 103 Å². The fraction of sp³-hybridized carbons (Fsp3) is 0. The second-order valence-electron chi connectivity index (χ2n) is 6.13. The maximum Gasteiger partial charge on any atom is 0.116 e. The Hall–Kier alpha value is -3.72. The minimum atomic E-state index is 0.266. The molecule has 0 atom stereocenters. The van der Waals surface area contributed by atoms with Crippen LogP contribution in [0, 0.1) is 0 Å². The number of phenolic OH excluding ortho intramolecular Hbond substituents is 1. The summed E-state index contributed by atoms with van der Waals surface area (Å²) in [6.07, 6.45) is 3.60. The van der Waals surface area contributed by atoms with Gasteiger partial charge in [0.25, 0.3) is 0 Å². The van der Waals surface area contributed by atoms with E-state index in [1.807, 2.05) is 72.9 Å². The van der Waals surface area contributed by atoms with Crippen molar-refractivity contribution in [1.82, 2.24) is 9.97 Å². The number of aromatic nitrogens is 2. The molecule has 0 radical (unpaired) electrons. The molecule has 0 saturated heterocycles. The molecule has 27 heavy (non-hydrogen) atoms. The molecule has 2 heterocycles. The van der Waals surface area contributed by atoms with Crippen LogP contribution in [-0.4, -0.2) is 15.1 Å². The molecular formula is C24H18N2O. The van der Waals surface area contributed by atoms with E-state index in [1.165, 1.54) is 5.39 Å². The number of fused-ring (bicyclic) bond motifs is 2. The van der Waals surface area contributed by atoms with Crippen LogP contribution in [0.5, 0.6) is 5.75 Å². The van der Waals surface area contributed by atoms with Crippen LogP contribution in [0.1, 0.15) is 0 Å². The lowest BCUT2D eigenvalue weighted by Crippen LogP contribution is -1.85. The summed E-state index contributed by atoms with van der Waals surface area (Å²) < 4.78 is 0. The molecule has 0 aliphatic rings. The molecule has 0 aliphatic heterocycles. The quantitative estimate of drug-likeness (QED) is 0.413. The number of rotatable bonds is 1. The number of phenols is 1. The second kappa shape index (κ2) is 7.67. The molecule has 0 amide bonds. The minimum Gasteiger partial charge on any atom is -0.508 e. The lowest BCUT2D eigenvalue weighted by atomic mass is 10.0. The summed E-state index contributed by atoms with van der Waals surface area (Å²) in [7, 11) is 0. The predicted molar refractivity (Wildman–Crippen MR) is 111 cm³/mol. The predicted octanol–water partition coefficient (Wildman–Crippen LogP) is 5.84. The van der Waals surface area contributed by atoms with E-state index in [9.17, 15) is 5.11 Å². The summed E-state index contributed by atoms with van der Waals surface area (Å²) in [5, 5.41) is 12.8. The Morgan fingerprint density at radius 2 is 1.37 bits per heavy atom. The Morgan fingerprint density at radius 3 is 2.22 bits per heavy atom. The summed E-state index contributed by atoms with van der Waals surface area (Å²) >= 11 is 0. The van der Waals surface area contributed by atoms with Crippen molar-refractivity contribution in [3.63, 3.8) is 0 Å². The first-order valence-electron chi connectivity index (χ1n) is 8.74. The number of pyridine rings is 2. The van der Waals surface area contributed by atoms with Gasteiger partial charge in [0.2, 0.25) is 0 Å². The van der Waals surface area contributed by atoms with Gasteiger partial charge in [-0.2, -0.15) is 0 Å². The second-order valence-corrected chi connectivity index (χ2v) is 6.13. The van der Waals surface area contributed by atoms with E-state index in [2.05, 4.69) is 22.1 Å². The molecule has 1 N–H and O–H groups in total. The van der Waals surface area contributed by atoms with Gasteiger partial charge in [0, 0.05) is 28.7 Å². The van der Waals surface area contributed by atoms with Gasteiger partial charge in [-0.15, -0.1) is 0 Å². The number of hydrogen-bond acceptors (Lipinski definition) is 3. The third-order valence-corrected chi connectivity index (χ3v) is 4.31. The Bertz CT molecular complexity index is 1120. The van der Waals surface area contributed by atoms with Gasteiger partial charge in [-0.1, -0.05) is 60.7 Å². The average Bonchev–Trinajstić information content (AvgIpc) is 2.74. The zero-order valence-corrected chi connectivity index (χ0v) is 14.7. The van der Waals surface area contributed by atoms with Gasteiger partial charge in [-0.3, -0.25) is 9.97 Å². The van der Waals surface area contributed by atoms with Crippen LogP contribution in [0.4, 0.5) is 0 Å². The highest BCUT2D eigenvalue weighted by Gasteiger charge is 2.05.